The number of hydrogen-bond donors (Lipinski definition) is 4. The van der Waals surface area contributed by atoms with Gasteiger partial charge in [0.15, 0.2) is 5.60 Å². The second-order valence-corrected chi connectivity index (χ2v) is 8.79. The Kier molecular flexibility index (Phi) is 10.5. The van der Waals surface area contributed by atoms with E-state index in [1.54, 1.807) is 6.07 Å². The van der Waals surface area contributed by atoms with Gasteiger partial charge in [0, 0.05) is 50.6 Å². The van der Waals surface area contributed by atoms with Gasteiger partial charge in [0.2, 0.25) is 0 Å². The summed E-state index contributed by atoms with van der Waals surface area (Å²) in [4.78, 5) is 32.7. The highest BCUT2D eigenvalue weighted by atomic mass is 19.1. The van der Waals surface area contributed by atoms with Gasteiger partial charge in [-0.2, -0.15) is 5.10 Å². The van der Waals surface area contributed by atoms with E-state index < -0.39 is 36.4 Å². The second kappa shape index (κ2) is 13.1. The first-order valence-corrected chi connectivity index (χ1v) is 11.4. The van der Waals surface area contributed by atoms with Crippen molar-refractivity contribution in [3.05, 3.63) is 53.1 Å². The minimum Gasteiger partial charge on any atom is -0.481 e. The van der Waals surface area contributed by atoms with Crippen molar-refractivity contribution in [2.75, 3.05) is 13.2 Å². The summed E-state index contributed by atoms with van der Waals surface area (Å²) in [6.07, 6.45) is 2.20. The molecule has 2 aromatic rings. The van der Waals surface area contributed by atoms with Gasteiger partial charge in [-0.3, -0.25) is 19.2 Å². The highest BCUT2D eigenvalue weighted by Crippen LogP contribution is 2.19. The summed E-state index contributed by atoms with van der Waals surface area (Å²) in [6, 6.07) is 7.00. The predicted molar refractivity (Wildman–Crippen MR) is 125 cm³/mol. The minimum absolute atomic E-state index is 0.146. The predicted octanol–water partition coefficient (Wildman–Crippen LogP) is 1.80. The number of aliphatic hydroxyl groups is 1. The number of aryl methyl sites for hydroxylation is 2. The number of ether oxygens (including phenoxy) is 1. The molecule has 12 heteroatoms. The Morgan fingerprint density at radius 2 is 1.75 bits per heavy atom. The number of hydrogen-bond acceptors (Lipinski definition) is 7. The molecular formula is C24H32FN3O8. The first-order valence-electron chi connectivity index (χ1n) is 11.4. The lowest BCUT2D eigenvalue weighted by atomic mass is 9.96. The number of carboxylic acids is 3. The summed E-state index contributed by atoms with van der Waals surface area (Å²) < 4.78 is 21.6. The molecule has 1 fully saturated rings. The van der Waals surface area contributed by atoms with Crippen LogP contribution < -0.4 is 0 Å². The van der Waals surface area contributed by atoms with Crippen LogP contribution >= 0.6 is 0 Å². The zero-order valence-corrected chi connectivity index (χ0v) is 20.3. The second-order valence-electron chi connectivity index (χ2n) is 8.79. The Labute approximate surface area is 207 Å². The van der Waals surface area contributed by atoms with Crippen molar-refractivity contribution in [2.45, 2.75) is 57.4 Å². The molecule has 0 bridgehead atoms. The molecule has 0 aliphatic carbocycles. The van der Waals surface area contributed by atoms with E-state index in [1.807, 2.05) is 37.0 Å². The van der Waals surface area contributed by atoms with Crippen molar-refractivity contribution in [1.29, 1.82) is 0 Å². The molecule has 0 spiro atoms. The van der Waals surface area contributed by atoms with Crippen LogP contribution in [0.1, 0.15) is 42.5 Å². The summed E-state index contributed by atoms with van der Waals surface area (Å²) in [6.45, 7) is 5.02. The molecule has 1 aromatic heterocycles. The molecule has 11 nitrogen and oxygen atoms in total. The Morgan fingerprint density at radius 3 is 2.22 bits per heavy atom. The van der Waals surface area contributed by atoms with Gasteiger partial charge in [0.1, 0.15) is 5.82 Å². The maximum absolute atomic E-state index is 14.0. The Bertz CT molecular complexity index is 1040. The third-order valence-electron chi connectivity index (χ3n) is 5.63. The van der Waals surface area contributed by atoms with Crippen LogP contribution in [0.15, 0.2) is 30.5 Å². The molecule has 1 aliphatic rings. The van der Waals surface area contributed by atoms with Crippen molar-refractivity contribution in [3.63, 3.8) is 0 Å². The van der Waals surface area contributed by atoms with E-state index in [1.165, 1.54) is 11.6 Å². The molecule has 1 atom stereocenters. The molecule has 3 rings (SSSR count). The van der Waals surface area contributed by atoms with Gasteiger partial charge in [-0.25, -0.2) is 9.18 Å². The lowest BCUT2D eigenvalue weighted by Gasteiger charge is -2.25. The molecule has 1 aliphatic heterocycles. The molecule has 4 N–H and O–H groups in total. The Hall–Kier alpha value is -3.35. The molecule has 1 unspecified atom stereocenters. The lowest BCUT2D eigenvalue weighted by molar-refractivity contribution is -0.170. The van der Waals surface area contributed by atoms with E-state index in [0.29, 0.717) is 6.54 Å². The van der Waals surface area contributed by atoms with Gasteiger partial charge in [0.05, 0.1) is 24.6 Å². The lowest BCUT2D eigenvalue weighted by Crippen LogP contribution is -2.42. The van der Waals surface area contributed by atoms with Gasteiger partial charge in [0.25, 0.3) is 0 Å². The van der Waals surface area contributed by atoms with Crippen LogP contribution in [0, 0.1) is 12.7 Å². The van der Waals surface area contributed by atoms with Gasteiger partial charge in [-0.05, 0) is 25.8 Å². The number of halogens is 1. The first kappa shape index (κ1) is 28.9. The van der Waals surface area contributed by atoms with Crippen molar-refractivity contribution in [2.24, 2.45) is 7.05 Å². The topological polar surface area (TPSA) is 162 Å². The molecule has 0 amide bonds. The molecule has 1 aromatic carbocycles. The fourth-order valence-corrected chi connectivity index (χ4v) is 3.89. The highest BCUT2D eigenvalue weighted by Gasteiger charge is 2.40. The maximum atomic E-state index is 14.0. The highest BCUT2D eigenvalue weighted by molar-refractivity contribution is 5.88. The minimum atomic E-state index is -2.74. The summed E-state index contributed by atoms with van der Waals surface area (Å²) in [5, 5.41) is 38.2. The number of nitrogens with zero attached hydrogens (tertiary/aromatic N) is 3. The van der Waals surface area contributed by atoms with Gasteiger partial charge in [-0.15, -0.1) is 0 Å². The number of benzene rings is 1. The summed E-state index contributed by atoms with van der Waals surface area (Å²) in [7, 11) is 1.93. The Morgan fingerprint density at radius 1 is 1.14 bits per heavy atom. The summed E-state index contributed by atoms with van der Waals surface area (Å²) >= 11 is 0. The molecule has 0 saturated carbocycles. The van der Waals surface area contributed by atoms with Crippen molar-refractivity contribution >= 4 is 17.9 Å². The standard InChI is InChI=1S/C18H24FN3O.C6H8O7/c1-14-16(10-21(2)20-14)12-22(13-17-7-5-9-23-17)11-15-6-3-4-8-18(15)19;7-3(8)1-6(13,5(11)12)2-4(9)10/h3-4,6,8,10,17H,5,7,9,11-13H2,1-2H3;13H,1-2H2,(H,7,8)(H,9,10)(H,11,12). The van der Waals surface area contributed by atoms with Gasteiger partial charge >= 0.3 is 17.9 Å². The van der Waals surface area contributed by atoms with Crippen LogP contribution in [0.2, 0.25) is 0 Å². The van der Waals surface area contributed by atoms with Crippen LogP contribution in [-0.4, -0.2) is 77.9 Å². The quantitative estimate of drug-likeness (QED) is 0.351. The van der Waals surface area contributed by atoms with E-state index in [2.05, 4.69) is 10.00 Å². The average molecular weight is 510 g/mol. The number of aromatic nitrogens is 2. The smallest absolute Gasteiger partial charge is 0.336 e. The van der Waals surface area contributed by atoms with E-state index >= 15 is 0 Å². The van der Waals surface area contributed by atoms with Crippen LogP contribution in [0.4, 0.5) is 4.39 Å². The van der Waals surface area contributed by atoms with Crippen molar-refractivity contribution < 1.29 is 43.9 Å². The average Bonchev–Trinajstić information content (AvgIpc) is 3.38. The molecular weight excluding hydrogens is 477 g/mol. The van der Waals surface area contributed by atoms with E-state index in [-0.39, 0.29) is 11.9 Å². The third-order valence-corrected chi connectivity index (χ3v) is 5.63. The third kappa shape index (κ3) is 9.02. The molecule has 198 valence electrons. The first-order chi connectivity index (χ1) is 16.9. The fraction of sp³-hybridized carbons (Fsp3) is 0.500. The zero-order valence-electron chi connectivity index (χ0n) is 20.3. The van der Waals surface area contributed by atoms with E-state index in [0.717, 1.165) is 43.8 Å². The Balaban J connectivity index is 0.000000302. The van der Waals surface area contributed by atoms with Gasteiger partial charge in [-0.1, -0.05) is 18.2 Å². The fourth-order valence-electron chi connectivity index (χ4n) is 3.89. The van der Waals surface area contributed by atoms with Crippen LogP contribution in [0.25, 0.3) is 0 Å². The SMILES string of the molecule is Cc1nn(C)cc1CN(Cc1ccccc1F)CC1CCCO1.O=C(O)CC(O)(CC(=O)O)C(=O)O. The maximum Gasteiger partial charge on any atom is 0.336 e. The number of aliphatic carboxylic acids is 3. The van der Waals surface area contributed by atoms with Gasteiger partial charge < -0.3 is 25.2 Å². The normalized spacial score (nSPS) is 15.4. The largest absolute Gasteiger partial charge is 0.481 e. The summed E-state index contributed by atoms with van der Waals surface area (Å²) in [5.41, 5.74) is 0.199. The number of carboxylic acid groups (broad SMARTS) is 3. The van der Waals surface area contributed by atoms with Crippen LogP contribution in [0.5, 0.6) is 0 Å². The number of carbonyl (C=O) groups is 3. The van der Waals surface area contributed by atoms with Crippen LogP contribution in [0.3, 0.4) is 0 Å². The molecule has 36 heavy (non-hydrogen) atoms. The van der Waals surface area contributed by atoms with Crippen LogP contribution in [-0.2, 0) is 39.3 Å². The molecule has 1 saturated heterocycles. The van der Waals surface area contributed by atoms with Crippen molar-refractivity contribution in [3.8, 4) is 0 Å². The van der Waals surface area contributed by atoms with Crippen molar-refractivity contribution in [1.82, 2.24) is 14.7 Å². The monoisotopic (exact) mass is 509 g/mol. The zero-order chi connectivity index (χ0) is 26.9. The van der Waals surface area contributed by atoms with E-state index in [9.17, 15) is 18.8 Å². The summed E-state index contributed by atoms with van der Waals surface area (Å²) in [5.74, 6) is -5.16. The molecule has 0 radical (unpaired) electrons. The van der Waals surface area contributed by atoms with E-state index in [4.69, 9.17) is 25.2 Å². The molecule has 2 heterocycles. The number of rotatable bonds is 11.